The van der Waals surface area contributed by atoms with Gasteiger partial charge in [-0.2, -0.15) is 0 Å². The number of hydrogen-bond acceptors (Lipinski definition) is 3. The van der Waals surface area contributed by atoms with Gasteiger partial charge in [-0.1, -0.05) is 11.6 Å². The number of benzene rings is 1. The number of ketones is 1. The van der Waals surface area contributed by atoms with Crippen molar-refractivity contribution in [3.05, 3.63) is 52.3 Å². The van der Waals surface area contributed by atoms with Gasteiger partial charge < -0.3 is 10.3 Å². The zero-order chi connectivity index (χ0) is 15.7. The fourth-order valence-electron chi connectivity index (χ4n) is 2.48. The second-order valence-electron chi connectivity index (χ2n) is 5.20. The van der Waals surface area contributed by atoms with Gasteiger partial charge in [-0.05, 0) is 43.2 Å². The van der Waals surface area contributed by atoms with Crippen molar-refractivity contribution >= 4 is 35.1 Å². The fraction of sp³-hybridized carbons (Fsp3) is 0.250. The molecule has 3 rings (SSSR count). The summed E-state index contributed by atoms with van der Waals surface area (Å²) in [5, 5.41) is 3.68. The predicted molar refractivity (Wildman–Crippen MR) is 87.8 cm³/mol. The minimum absolute atomic E-state index is 0.0634. The molecule has 0 spiro atoms. The van der Waals surface area contributed by atoms with Gasteiger partial charge in [0.25, 0.3) is 5.91 Å². The van der Waals surface area contributed by atoms with Crippen molar-refractivity contribution in [1.29, 1.82) is 0 Å². The molecular formula is C16H15ClN2O2S. The molecule has 2 heterocycles. The van der Waals surface area contributed by atoms with Gasteiger partial charge in [0.15, 0.2) is 5.78 Å². The van der Waals surface area contributed by atoms with Crippen LogP contribution in [0.4, 0.5) is 0 Å². The van der Waals surface area contributed by atoms with Crippen LogP contribution in [0.3, 0.4) is 0 Å². The number of aromatic nitrogens is 1. The molecule has 1 aromatic heterocycles. The zero-order valence-corrected chi connectivity index (χ0v) is 13.6. The third-order valence-corrected chi connectivity index (χ3v) is 5.01. The summed E-state index contributed by atoms with van der Waals surface area (Å²) in [7, 11) is 0. The lowest BCUT2D eigenvalue weighted by molar-refractivity contribution is 0.0930. The van der Waals surface area contributed by atoms with Gasteiger partial charge in [0.2, 0.25) is 0 Å². The van der Waals surface area contributed by atoms with Gasteiger partial charge in [0, 0.05) is 27.4 Å². The number of carbonyl (C=O) groups excluding carboxylic acids is 2. The summed E-state index contributed by atoms with van der Waals surface area (Å²) in [6, 6.07) is 7.27. The number of rotatable bonds is 3. The first kappa shape index (κ1) is 15.2. The van der Waals surface area contributed by atoms with E-state index in [1.807, 2.05) is 18.2 Å². The highest BCUT2D eigenvalue weighted by molar-refractivity contribution is 7.99. The summed E-state index contributed by atoms with van der Waals surface area (Å²) >= 11 is 7.84. The summed E-state index contributed by atoms with van der Waals surface area (Å²) in [5.74, 6) is 0.667. The summed E-state index contributed by atoms with van der Waals surface area (Å²) < 4.78 is 0. The Kier molecular flexibility index (Phi) is 4.27. The third kappa shape index (κ3) is 3.05. The lowest BCUT2D eigenvalue weighted by Crippen LogP contribution is -2.30. The van der Waals surface area contributed by atoms with Crippen molar-refractivity contribution in [2.75, 3.05) is 5.75 Å². The minimum atomic E-state index is -0.213. The number of thioether (sulfide) groups is 1. The molecule has 2 aromatic rings. The highest BCUT2D eigenvalue weighted by Gasteiger charge is 2.23. The van der Waals surface area contributed by atoms with Gasteiger partial charge >= 0.3 is 0 Å². The van der Waals surface area contributed by atoms with Crippen LogP contribution in [-0.2, 0) is 0 Å². The number of amides is 1. The Morgan fingerprint density at radius 2 is 2.18 bits per heavy atom. The Bertz CT molecular complexity index is 741. The van der Waals surface area contributed by atoms with Crippen LogP contribution in [0.2, 0.25) is 5.02 Å². The van der Waals surface area contributed by atoms with E-state index in [0.717, 1.165) is 22.6 Å². The smallest absolute Gasteiger partial charge is 0.268 e. The normalized spacial score (nSPS) is 16.9. The average Bonchev–Trinajstić information content (AvgIpc) is 2.98. The quantitative estimate of drug-likeness (QED) is 0.838. The number of nitrogens with one attached hydrogen (secondary N) is 2. The van der Waals surface area contributed by atoms with E-state index in [1.165, 1.54) is 6.92 Å². The van der Waals surface area contributed by atoms with Crippen LogP contribution in [0.25, 0.3) is 0 Å². The topological polar surface area (TPSA) is 62.0 Å². The highest BCUT2D eigenvalue weighted by atomic mass is 35.5. The number of H-pyrrole nitrogens is 1. The van der Waals surface area contributed by atoms with Crippen LogP contribution < -0.4 is 5.32 Å². The molecule has 0 fully saturated rings. The number of hydrogen-bond donors (Lipinski definition) is 2. The molecule has 0 radical (unpaired) electrons. The number of halogens is 1. The molecule has 0 saturated carbocycles. The molecule has 1 amide bonds. The molecule has 2 N–H and O–H groups in total. The van der Waals surface area contributed by atoms with E-state index in [9.17, 15) is 9.59 Å². The maximum Gasteiger partial charge on any atom is 0.268 e. The standard InChI is InChI=1S/C16H15ClN2O2S/c1-9(20)10-6-14(18-8-10)16(21)19-13-4-5-22-15-3-2-11(17)7-12(13)15/h2-3,6-8,13,18H,4-5H2,1H3,(H,19,21). The van der Waals surface area contributed by atoms with Crippen molar-refractivity contribution in [2.24, 2.45) is 0 Å². The first-order valence-corrected chi connectivity index (χ1v) is 8.33. The average molecular weight is 335 g/mol. The van der Waals surface area contributed by atoms with Gasteiger partial charge in [0.1, 0.15) is 5.69 Å². The van der Waals surface area contributed by atoms with E-state index >= 15 is 0 Å². The molecule has 0 bridgehead atoms. The monoisotopic (exact) mass is 334 g/mol. The maximum atomic E-state index is 12.4. The molecular weight excluding hydrogens is 320 g/mol. The molecule has 0 saturated heterocycles. The van der Waals surface area contributed by atoms with Crippen LogP contribution in [0.5, 0.6) is 0 Å². The molecule has 6 heteroatoms. The number of fused-ring (bicyclic) bond motifs is 1. The molecule has 1 unspecified atom stereocenters. The second-order valence-corrected chi connectivity index (χ2v) is 6.78. The Labute approximate surface area is 137 Å². The zero-order valence-electron chi connectivity index (χ0n) is 12.0. The van der Waals surface area contributed by atoms with Crippen LogP contribution in [-0.4, -0.2) is 22.4 Å². The van der Waals surface area contributed by atoms with Crippen LogP contribution in [0.15, 0.2) is 35.4 Å². The van der Waals surface area contributed by atoms with E-state index in [-0.39, 0.29) is 17.7 Å². The molecule has 1 aliphatic rings. The first-order chi connectivity index (χ1) is 10.5. The van der Waals surface area contributed by atoms with Gasteiger partial charge in [-0.15, -0.1) is 11.8 Å². The van der Waals surface area contributed by atoms with E-state index in [0.29, 0.717) is 16.3 Å². The lowest BCUT2D eigenvalue weighted by atomic mass is 10.0. The first-order valence-electron chi connectivity index (χ1n) is 6.97. The Morgan fingerprint density at radius 1 is 1.36 bits per heavy atom. The molecule has 4 nitrogen and oxygen atoms in total. The summed E-state index contributed by atoms with van der Waals surface area (Å²) in [4.78, 5) is 27.7. The van der Waals surface area contributed by atoms with Gasteiger partial charge in [-0.25, -0.2) is 0 Å². The Balaban J connectivity index is 1.80. The second kappa shape index (κ2) is 6.18. The summed E-state index contributed by atoms with van der Waals surface area (Å²) in [6.45, 7) is 1.47. The summed E-state index contributed by atoms with van der Waals surface area (Å²) in [6.07, 6.45) is 2.41. The molecule has 0 aliphatic carbocycles. The largest absolute Gasteiger partial charge is 0.356 e. The Morgan fingerprint density at radius 3 is 2.91 bits per heavy atom. The van der Waals surface area contributed by atoms with Gasteiger partial charge in [0.05, 0.1) is 6.04 Å². The van der Waals surface area contributed by atoms with E-state index in [4.69, 9.17) is 11.6 Å². The van der Waals surface area contributed by atoms with Crippen molar-refractivity contribution in [2.45, 2.75) is 24.3 Å². The van der Waals surface area contributed by atoms with Crippen molar-refractivity contribution in [1.82, 2.24) is 10.3 Å². The SMILES string of the molecule is CC(=O)c1c[nH]c(C(=O)NC2CCSc3ccc(Cl)cc32)c1. The van der Waals surface area contributed by atoms with Crippen LogP contribution in [0, 0.1) is 0 Å². The van der Waals surface area contributed by atoms with Crippen molar-refractivity contribution in [3.8, 4) is 0 Å². The maximum absolute atomic E-state index is 12.4. The molecule has 1 aliphatic heterocycles. The van der Waals surface area contributed by atoms with Crippen LogP contribution in [0.1, 0.15) is 45.8 Å². The van der Waals surface area contributed by atoms with E-state index in [2.05, 4.69) is 10.3 Å². The number of carbonyl (C=O) groups is 2. The molecule has 1 aromatic carbocycles. The highest BCUT2D eigenvalue weighted by Crippen LogP contribution is 2.37. The van der Waals surface area contributed by atoms with Crippen molar-refractivity contribution < 1.29 is 9.59 Å². The van der Waals surface area contributed by atoms with Crippen molar-refractivity contribution in [3.63, 3.8) is 0 Å². The summed E-state index contributed by atoms with van der Waals surface area (Å²) in [5.41, 5.74) is 1.95. The van der Waals surface area contributed by atoms with Crippen LogP contribution >= 0.6 is 23.4 Å². The predicted octanol–water partition coefficient (Wildman–Crippen LogP) is 3.84. The van der Waals surface area contributed by atoms with E-state index < -0.39 is 0 Å². The van der Waals surface area contributed by atoms with Gasteiger partial charge in [-0.3, -0.25) is 9.59 Å². The number of aromatic amines is 1. The minimum Gasteiger partial charge on any atom is -0.356 e. The Hall–Kier alpha value is -1.72. The lowest BCUT2D eigenvalue weighted by Gasteiger charge is -2.26. The molecule has 22 heavy (non-hydrogen) atoms. The van der Waals surface area contributed by atoms with E-state index in [1.54, 1.807) is 24.0 Å². The molecule has 1 atom stereocenters. The number of Topliss-reactive ketones (excluding diaryl/α,β-unsaturated/α-hetero) is 1. The fourth-order valence-corrected chi connectivity index (χ4v) is 3.77. The third-order valence-electron chi connectivity index (χ3n) is 3.65. The molecule has 114 valence electrons.